The van der Waals surface area contributed by atoms with E-state index in [-0.39, 0.29) is 0 Å². The Balaban J connectivity index is 1.85. The molecule has 1 aromatic heterocycles. The van der Waals surface area contributed by atoms with Crippen molar-refractivity contribution in [2.75, 3.05) is 0 Å². The molecule has 0 aliphatic heterocycles. The monoisotopic (exact) mass is 210 g/mol. The first-order valence-corrected chi connectivity index (χ1v) is 5.42. The zero-order chi connectivity index (χ0) is 10.8. The molecule has 0 bridgehead atoms. The fraction of sp³-hybridized carbons (Fsp3) is 0.800. The summed E-state index contributed by atoms with van der Waals surface area (Å²) in [5.74, 6) is 0.894. The molecule has 15 heavy (non-hydrogen) atoms. The molecule has 2 N–H and O–H groups in total. The van der Waals surface area contributed by atoms with Crippen molar-refractivity contribution in [3.63, 3.8) is 0 Å². The molecule has 1 aliphatic carbocycles. The van der Waals surface area contributed by atoms with Crippen LogP contribution in [0.2, 0.25) is 0 Å². The summed E-state index contributed by atoms with van der Waals surface area (Å²) in [6.45, 7) is 4.70. The van der Waals surface area contributed by atoms with E-state index in [2.05, 4.69) is 23.9 Å². The Bertz CT molecular complexity index is 317. The highest BCUT2D eigenvalue weighted by molar-refractivity contribution is 4.87. The van der Waals surface area contributed by atoms with E-state index >= 15 is 0 Å². The van der Waals surface area contributed by atoms with E-state index in [1.54, 1.807) is 6.33 Å². The molecule has 0 atom stereocenters. The van der Waals surface area contributed by atoms with Crippen LogP contribution in [0, 0.1) is 0 Å². The van der Waals surface area contributed by atoms with Gasteiger partial charge in [0.25, 0.3) is 0 Å². The molecular formula is C10H18N4O. The number of ether oxygens (including phenoxy) is 1. The molecule has 2 rings (SSSR count). The molecule has 0 radical (unpaired) electrons. The van der Waals surface area contributed by atoms with Gasteiger partial charge in [-0.05, 0) is 26.7 Å². The lowest BCUT2D eigenvalue weighted by Crippen LogP contribution is -2.41. The molecule has 1 aliphatic rings. The second kappa shape index (κ2) is 4.28. The van der Waals surface area contributed by atoms with Crippen molar-refractivity contribution >= 4 is 0 Å². The maximum absolute atomic E-state index is 5.68. The molecule has 0 spiro atoms. The van der Waals surface area contributed by atoms with Crippen molar-refractivity contribution in [1.82, 2.24) is 14.8 Å². The number of nitrogens with zero attached hydrogens (tertiary/aromatic N) is 3. The summed E-state index contributed by atoms with van der Waals surface area (Å²) in [6.07, 6.45) is 3.83. The summed E-state index contributed by atoms with van der Waals surface area (Å²) in [4.78, 5) is 4.18. The van der Waals surface area contributed by atoms with Gasteiger partial charge in [-0.15, -0.1) is 0 Å². The van der Waals surface area contributed by atoms with Gasteiger partial charge in [-0.25, -0.2) is 9.67 Å². The third-order valence-corrected chi connectivity index (χ3v) is 2.72. The fourth-order valence-corrected chi connectivity index (χ4v) is 1.74. The van der Waals surface area contributed by atoms with Crippen LogP contribution in [0.3, 0.4) is 0 Å². The van der Waals surface area contributed by atoms with E-state index in [0.29, 0.717) is 24.8 Å². The van der Waals surface area contributed by atoms with Crippen LogP contribution < -0.4 is 5.73 Å². The Morgan fingerprint density at radius 1 is 1.60 bits per heavy atom. The molecule has 0 unspecified atom stereocenters. The van der Waals surface area contributed by atoms with Crippen molar-refractivity contribution in [2.24, 2.45) is 5.73 Å². The van der Waals surface area contributed by atoms with Gasteiger partial charge in [0.05, 0.1) is 6.10 Å². The van der Waals surface area contributed by atoms with Gasteiger partial charge in [-0.2, -0.15) is 5.10 Å². The van der Waals surface area contributed by atoms with Crippen molar-refractivity contribution < 1.29 is 4.74 Å². The van der Waals surface area contributed by atoms with Crippen molar-refractivity contribution in [3.05, 3.63) is 12.2 Å². The molecule has 5 nitrogen and oxygen atoms in total. The van der Waals surface area contributed by atoms with Crippen LogP contribution in [-0.4, -0.2) is 26.9 Å². The maximum Gasteiger partial charge on any atom is 0.153 e. The molecule has 1 heterocycles. The molecule has 0 amide bonds. The molecule has 84 valence electrons. The summed E-state index contributed by atoms with van der Waals surface area (Å²) in [5, 5.41) is 4.15. The Morgan fingerprint density at radius 2 is 2.33 bits per heavy atom. The molecule has 1 fully saturated rings. The number of hydrogen-bond acceptors (Lipinski definition) is 4. The lowest BCUT2D eigenvalue weighted by Gasteiger charge is -2.32. The van der Waals surface area contributed by atoms with Gasteiger partial charge in [0, 0.05) is 12.1 Å². The molecular weight excluding hydrogens is 192 g/mol. The molecule has 5 heteroatoms. The smallest absolute Gasteiger partial charge is 0.153 e. The van der Waals surface area contributed by atoms with E-state index < -0.39 is 0 Å². The Labute approximate surface area is 89.6 Å². The van der Waals surface area contributed by atoms with E-state index in [0.717, 1.165) is 18.7 Å². The summed E-state index contributed by atoms with van der Waals surface area (Å²) in [5.41, 5.74) is 5.68. The van der Waals surface area contributed by atoms with Crippen LogP contribution >= 0.6 is 0 Å². The first-order valence-electron chi connectivity index (χ1n) is 5.42. The second-order valence-corrected chi connectivity index (χ2v) is 4.38. The van der Waals surface area contributed by atoms with Crippen LogP contribution in [0.25, 0.3) is 0 Å². The highest BCUT2D eigenvalue weighted by atomic mass is 16.5. The second-order valence-electron chi connectivity index (χ2n) is 4.38. The Kier molecular flexibility index (Phi) is 3.02. The van der Waals surface area contributed by atoms with Crippen LogP contribution in [0.1, 0.15) is 38.6 Å². The van der Waals surface area contributed by atoms with Gasteiger partial charge in [-0.1, -0.05) is 0 Å². The number of hydrogen-bond donors (Lipinski definition) is 1. The standard InChI is InChI=1S/C10H18N4O/c1-7(2)14-10(12-6-13-14)5-15-9-3-8(11)4-9/h6-9H,3-5,11H2,1-2H3. The van der Waals surface area contributed by atoms with Crippen molar-refractivity contribution in [3.8, 4) is 0 Å². The van der Waals surface area contributed by atoms with Crippen LogP contribution in [0.15, 0.2) is 6.33 Å². The van der Waals surface area contributed by atoms with Gasteiger partial charge in [0.15, 0.2) is 5.82 Å². The van der Waals surface area contributed by atoms with Crippen LogP contribution in [-0.2, 0) is 11.3 Å². The quantitative estimate of drug-likeness (QED) is 0.800. The largest absolute Gasteiger partial charge is 0.370 e. The maximum atomic E-state index is 5.68. The summed E-state index contributed by atoms with van der Waals surface area (Å²) in [6, 6.07) is 0.660. The summed E-state index contributed by atoms with van der Waals surface area (Å²) >= 11 is 0. The first-order chi connectivity index (χ1) is 7.16. The summed E-state index contributed by atoms with van der Waals surface area (Å²) in [7, 11) is 0. The van der Waals surface area contributed by atoms with Gasteiger partial charge in [0.2, 0.25) is 0 Å². The van der Waals surface area contributed by atoms with E-state index in [1.165, 1.54) is 0 Å². The zero-order valence-corrected chi connectivity index (χ0v) is 9.26. The normalized spacial score (nSPS) is 25.6. The number of nitrogens with two attached hydrogens (primary N) is 1. The molecule has 1 saturated carbocycles. The van der Waals surface area contributed by atoms with Gasteiger partial charge in [-0.3, -0.25) is 0 Å². The predicted octanol–water partition coefficient (Wildman–Crippen LogP) is 0.865. The predicted molar refractivity (Wildman–Crippen MR) is 56.2 cm³/mol. The molecule has 0 aromatic carbocycles. The van der Waals surface area contributed by atoms with E-state index in [4.69, 9.17) is 10.5 Å². The Hall–Kier alpha value is -0.940. The third kappa shape index (κ3) is 2.35. The topological polar surface area (TPSA) is 66.0 Å². The average molecular weight is 210 g/mol. The van der Waals surface area contributed by atoms with Gasteiger partial charge < -0.3 is 10.5 Å². The molecule has 1 aromatic rings. The average Bonchev–Trinajstić information content (AvgIpc) is 2.58. The zero-order valence-electron chi connectivity index (χ0n) is 9.26. The minimum absolute atomic E-state index is 0.317. The first kappa shape index (κ1) is 10.6. The SMILES string of the molecule is CC(C)n1ncnc1COC1CC(N)C1. The highest BCUT2D eigenvalue weighted by Crippen LogP contribution is 2.22. The number of rotatable bonds is 4. The van der Waals surface area contributed by atoms with Gasteiger partial charge in [0.1, 0.15) is 12.9 Å². The lowest BCUT2D eigenvalue weighted by atomic mass is 9.90. The summed E-state index contributed by atoms with van der Waals surface area (Å²) < 4.78 is 7.57. The third-order valence-electron chi connectivity index (χ3n) is 2.72. The van der Waals surface area contributed by atoms with E-state index in [9.17, 15) is 0 Å². The van der Waals surface area contributed by atoms with Gasteiger partial charge >= 0.3 is 0 Å². The Morgan fingerprint density at radius 3 is 2.93 bits per heavy atom. The fourth-order valence-electron chi connectivity index (χ4n) is 1.74. The van der Waals surface area contributed by atoms with E-state index in [1.807, 2.05) is 4.68 Å². The van der Waals surface area contributed by atoms with Crippen molar-refractivity contribution in [1.29, 1.82) is 0 Å². The molecule has 0 saturated heterocycles. The van der Waals surface area contributed by atoms with Crippen LogP contribution in [0.5, 0.6) is 0 Å². The minimum atomic E-state index is 0.317. The highest BCUT2D eigenvalue weighted by Gasteiger charge is 2.26. The minimum Gasteiger partial charge on any atom is -0.370 e. The van der Waals surface area contributed by atoms with Crippen LogP contribution in [0.4, 0.5) is 0 Å². The number of aromatic nitrogens is 3. The van der Waals surface area contributed by atoms with Crippen molar-refractivity contribution in [2.45, 2.75) is 51.5 Å². The lowest BCUT2D eigenvalue weighted by molar-refractivity contribution is -0.0232.